The zero-order chi connectivity index (χ0) is 24.2. The number of pyridine rings is 1. The van der Waals surface area contributed by atoms with Crippen LogP contribution in [0.4, 0.5) is 14.6 Å². The van der Waals surface area contributed by atoms with E-state index in [2.05, 4.69) is 20.2 Å². The normalized spacial score (nSPS) is 14.3. The predicted molar refractivity (Wildman–Crippen MR) is 130 cm³/mol. The fourth-order valence-corrected chi connectivity index (χ4v) is 4.12. The number of rotatable bonds is 7. The molecule has 9 heteroatoms. The molecule has 0 saturated carbocycles. The van der Waals surface area contributed by atoms with Crippen LogP contribution in [0, 0.1) is 11.6 Å². The number of nitrogens with zero attached hydrogens (tertiary/aromatic N) is 4. The molecule has 0 spiro atoms. The number of hydrogen-bond acceptors (Lipinski definition) is 7. The monoisotopic (exact) mass is 477 g/mol. The van der Waals surface area contributed by atoms with Crippen molar-refractivity contribution in [1.82, 2.24) is 19.9 Å². The standard InChI is InChI=1S/C26H25F2N5O2/c1-29-26-22-13-19(18-11-20(27)15-21(28)12-18)14-23(35-10-7-33-5-8-34-9-6-33)24(22)31-25(32-26)17-3-2-4-30-16-17/h2-4,11-16H,5-10H2,1H3,(H,29,31,32). The summed E-state index contributed by atoms with van der Waals surface area (Å²) < 4.78 is 39.6. The first-order valence-corrected chi connectivity index (χ1v) is 11.4. The molecule has 0 bridgehead atoms. The average Bonchev–Trinajstić information content (AvgIpc) is 2.88. The van der Waals surface area contributed by atoms with E-state index in [1.165, 1.54) is 12.1 Å². The number of halogens is 2. The minimum absolute atomic E-state index is 0.404. The first-order valence-electron chi connectivity index (χ1n) is 11.4. The van der Waals surface area contributed by atoms with Gasteiger partial charge in [-0.25, -0.2) is 18.7 Å². The fraction of sp³-hybridized carbons (Fsp3) is 0.269. The Labute approximate surface area is 201 Å². The van der Waals surface area contributed by atoms with Crippen LogP contribution in [0.2, 0.25) is 0 Å². The van der Waals surface area contributed by atoms with Gasteiger partial charge in [-0.1, -0.05) is 0 Å². The molecule has 180 valence electrons. The molecule has 1 saturated heterocycles. The molecule has 0 radical (unpaired) electrons. The number of nitrogens with one attached hydrogen (secondary N) is 1. The van der Waals surface area contributed by atoms with Gasteiger partial charge in [0.15, 0.2) is 5.82 Å². The van der Waals surface area contributed by atoms with Crippen LogP contribution in [0.3, 0.4) is 0 Å². The molecule has 0 unspecified atom stereocenters. The van der Waals surface area contributed by atoms with Crippen LogP contribution >= 0.6 is 0 Å². The van der Waals surface area contributed by atoms with Crippen molar-refractivity contribution < 1.29 is 18.3 Å². The highest BCUT2D eigenvalue weighted by atomic mass is 19.1. The number of fused-ring (bicyclic) bond motifs is 1. The molecule has 0 aliphatic carbocycles. The molecule has 0 amide bonds. The second-order valence-electron chi connectivity index (χ2n) is 8.22. The van der Waals surface area contributed by atoms with Crippen LogP contribution in [0.25, 0.3) is 33.4 Å². The topological polar surface area (TPSA) is 72.4 Å². The fourth-order valence-electron chi connectivity index (χ4n) is 4.12. The van der Waals surface area contributed by atoms with Crippen molar-refractivity contribution in [3.63, 3.8) is 0 Å². The van der Waals surface area contributed by atoms with Crippen LogP contribution in [0.5, 0.6) is 5.75 Å². The van der Waals surface area contributed by atoms with Gasteiger partial charge in [0, 0.05) is 56.1 Å². The molecule has 35 heavy (non-hydrogen) atoms. The second-order valence-corrected chi connectivity index (χ2v) is 8.22. The Morgan fingerprint density at radius 1 is 1.00 bits per heavy atom. The molecule has 7 nitrogen and oxygen atoms in total. The second kappa shape index (κ2) is 10.3. The Morgan fingerprint density at radius 3 is 2.49 bits per heavy atom. The average molecular weight is 478 g/mol. The zero-order valence-electron chi connectivity index (χ0n) is 19.3. The van der Waals surface area contributed by atoms with Gasteiger partial charge >= 0.3 is 0 Å². The van der Waals surface area contributed by atoms with E-state index >= 15 is 0 Å². The lowest BCUT2D eigenvalue weighted by atomic mass is 10.0. The van der Waals surface area contributed by atoms with E-state index < -0.39 is 11.6 Å². The van der Waals surface area contributed by atoms with Crippen molar-refractivity contribution in [3.05, 3.63) is 66.5 Å². The van der Waals surface area contributed by atoms with Gasteiger partial charge in [0.25, 0.3) is 0 Å². The van der Waals surface area contributed by atoms with Gasteiger partial charge < -0.3 is 14.8 Å². The maximum atomic E-state index is 14.0. The molecule has 0 atom stereocenters. The first kappa shape index (κ1) is 23.1. The summed E-state index contributed by atoms with van der Waals surface area (Å²) >= 11 is 0. The molecule has 2 aromatic heterocycles. The third-order valence-corrected chi connectivity index (χ3v) is 5.89. The lowest BCUT2D eigenvalue weighted by Gasteiger charge is -2.26. The lowest BCUT2D eigenvalue weighted by molar-refractivity contribution is 0.0323. The molecule has 3 heterocycles. The lowest BCUT2D eigenvalue weighted by Crippen LogP contribution is -2.38. The van der Waals surface area contributed by atoms with Crippen LogP contribution in [-0.4, -0.2) is 66.4 Å². The maximum absolute atomic E-state index is 14.0. The number of ether oxygens (including phenoxy) is 2. The number of morpholine rings is 1. The van der Waals surface area contributed by atoms with E-state index in [0.29, 0.717) is 59.2 Å². The number of aromatic nitrogens is 3. The highest BCUT2D eigenvalue weighted by Gasteiger charge is 2.17. The Balaban J connectivity index is 1.60. The Kier molecular flexibility index (Phi) is 6.78. The summed E-state index contributed by atoms with van der Waals surface area (Å²) in [5.74, 6) is 0.293. The van der Waals surface area contributed by atoms with Crippen molar-refractivity contribution in [2.75, 3.05) is 51.8 Å². The van der Waals surface area contributed by atoms with Gasteiger partial charge in [-0.05, 0) is 47.5 Å². The van der Waals surface area contributed by atoms with Crippen LogP contribution in [0.15, 0.2) is 54.9 Å². The third-order valence-electron chi connectivity index (χ3n) is 5.89. The van der Waals surface area contributed by atoms with Crippen molar-refractivity contribution in [1.29, 1.82) is 0 Å². The predicted octanol–water partition coefficient (Wildman–Crippen LogP) is 4.39. The molecule has 1 aliphatic heterocycles. The van der Waals surface area contributed by atoms with E-state index in [9.17, 15) is 8.78 Å². The molecule has 1 aliphatic rings. The molecule has 1 fully saturated rings. The van der Waals surface area contributed by atoms with Crippen molar-refractivity contribution in [2.24, 2.45) is 0 Å². The van der Waals surface area contributed by atoms with Gasteiger partial charge in [0.2, 0.25) is 0 Å². The minimum Gasteiger partial charge on any atom is -0.490 e. The van der Waals surface area contributed by atoms with Gasteiger partial charge in [0.1, 0.15) is 35.3 Å². The molecule has 2 aromatic carbocycles. The first-order chi connectivity index (χ1) is 17.1. The smallest absolute Gasteiger partial charge is 0.163 e. The van der Waals surface area contributed by atoms with E-state index in [4.69, 9.17) is 14.5 Å². The molecule has 1 N–H and O–H groups in total. The summed E-state index contributed by atoms with van der Waals surface area (Å²) in [7, 11) is 1.77. The Morgan fingerprint density at radius 2 is 1.77 bits per heavy atom. The minimum atomic E-state index is -0.646. The third kappa shape index (κ3) is 5.21. The summed E-state index contributed by atoms with van der Waals surface area (Å²) in [6.07, 6.45) is 3.39. The van der Waals surface area contributed by atoms with Gasteiger partial charge in [0.05, 0.1) is 13.2 Å². The van der Waals surface area contributed by atoms with Crippen molar-refractivity contribution in [2.45, 2.75) is 0 Å². The van der Waals surface area contributed by atoms with Crippen molar-refractivity contribution >= 4 is 16.7 Å². The SMILES string of the molecule is CNc1nc(-c2cccnc2)nc2c(OCCN3CCOCC3)cc(-c3cc(F)cc(F)c3)cc12. The summed E-state index contributed by atoms with van der Waals surface area (Å²) in [6, 6.07) is 10.7. The van der Waals surface area contributed by atoms with Crippen LogP contribution < -0.4 is 10.1 Å². The number of benzene rings is 2. The molecular formula is C26H25F2N5O2. The molecular weight excluding hydrogens is 452 g/mol. The van der Waals surface area contributed by atoms with Crippen molar-refractivity contribution in [3.8, 4) is 28.3 Å². The van der Waals surface area contributed by atoms with Gasteiger partial charge in [-0.15, -0.1) is 0 Å². The Bertz CT molecular complexity index is 1310. The van der Waals surface area contributed by atoms with E-state index in [0.717, 1.165) is 31.3 Å². The Hall–Kier alpha value is -3.69. The highest BCUT2D eigenvalue weighted by Crippen LogP contribution is 2.36. The molecule has 4 aromatic rings. The van der Waals surface area contributed by atoms with E-state index in [1.54, 1.807) is 25.5 Å². The largest absolute Gasteiger partial charge is 0.490 e. The van der Waals surface area contributed by atoms with Crippen LogP contribution in [-0.2, 0) is 4.74 Å². The summed E-state index contributed by atoms with van der Waals surface area (Å²) in [6.45, 7) is 4.27. The van der Waals surface area contributed by atoms with Gasteiger partial charge in [-0.3, -0.25) is 9.88 Å². The van der Waals surface area contributed by atoms with Gasteiger partial charge in [-0.2, -0.15) is 0 Å². The zero-order valence-corrected chi connectivity index (χ0v) is 19.3. The molecule has 5 rings (SSSR count). The van der Waals surface area contributed by atoms with E-state index in [1.807, 2.05) is 18.2 Å². The summed E-state index contributed by atoms with van der Waals surface area (Å²) in [5.41, 5.74) is 2.37. The summed E-state index contributed by atoms with van der Waals surface area (Å²) in [4.78, 5) is 15.9. The maximum Gasteiger partial charge on any atom is 0.163 e. The quantitative estimate of drug-likeness (QED) is 0.423. The highest BCUT2D eigenvalue weighted by molar-refractivity contribution is 5.97. The summed E-state index contributed by atoms with van der Waals surface area (Å²) in [5, 5.41) is 3.80. The number of anilines is 1. The van der Waals surface area contributed by atoms with Crippen LogP contribution in [0.1, 0.15) is 0 Å². The van der Waals surface area contributed by atoms with E-state index in [-0.39, 0.29) is 0 Å². The number of hydrogen-bond donors (Lipinski definition) is 1.